The largest absolute Gasteiger partial charge is 0.339 e. The summed E-state index contributed by atoms with van der Waals surface area (Å²) in [5, 5.41) is 1.85. The fourth-order valence-corrected chi connectivity index (χ4v) is 5.71. The third-order valence-electron chi connectivity index (χ3n) is 6.20. The first-order valence-corrected chi connectivity index (χ1v) is 13.2. The number of benzene rings is 3. The zero-order valence-electron chi connectivity index (χ0n) is 18.0. The number of rotatable bonds is 4. The molecule has 31 heavy (non-hydrogen) atoms. The SMILES string of the molecule is C[SH](C)(=O)c1cccc2cc(C(=O)N3CCC(c4cc(CN)ccc4F)CC3)ccc12. The van der Waals surface area contributed by atoms with Gasteiger partial charge < -0.3 is 10.6 Å². The van der Waals surface area contributed by atoms with E-state index in [1.807, 2.05) is 47.4 Å². The second-order valence-electron chi connectivity index (χ2n) is 8.69. The normalized spacial score (nSPS) is 15.9. The number of likely N-dealkylation sites (tertiary alicyclic amines) is 1. The summed E-state index contributed by atoms with van der Waals surface area (Å²) in [4.78, 5) is 15.8. The predicted molar refractivity (Wildman–Crippen MR) is 126 cm³/mol. The Morgan fingerprint density at radius 3 is 2.52 bits per heavy atom. The van der Waals surface area contributed by atoms with Crippen LogP contribution in [0.3, 0.4) is 0 Å². The number of fused-ring (bicyclic) bond motifs is 1. The molecule has 0 bridgehead atoms. The van der Waals surface area contributed by atoms with Crippen LogP contribution in [0.4, 0.5) is 4.39 Å². The quantitative estimate of drug-likeness (QED) is 0.601. The van der Waals surface area contributed by atoms with Gasteiger partial charge in [-0.1, -0.05) is 40.3 Å². The van der Waals surface area contributed by atoms with E-state index in [2.05, 4.69) is 0 Å². The van der Waals surface area contributed by atoms with Crippen LogP contribution < -0.4 is 5.73 Å². The Labute approximate surface area is 183 Å². The van der Waals surface area contributed by atoms with E-state index in [1.54, 1.807) is 18.6 Å². The summed E-state index contributed by atoms with van der Waals surface area (Å²) in [7, 11) is -2.41. The van der Waals surface area contributed by atoms with Crippen LogP contribution in [-0.2, 0) is 16.5 Å². The van der Waals surface area contributed by atoms with Gasteiger partial charge in [-0.15, -0.1) is 0 Å². The molecule has 1 heterocycles. The molecule has 4 nitrogen and oxygen atoms in total. The lowest BCUT2D eigenvalue weighted by Crippen LogP contribution is -2.38. The molecular formula is C25H29FN2O2S. The summed E-state index contributed by atoms with van der Waals surface area (Å²) in [6.07, 6.45) is 4.97. The maximum absolute atomic E-state index is 14.3. The monoisotopic (exact) mass is 440 g/mol. The summed E-state index contributed by atoms with van der Waals surface area (Å²) < 4.78 is 26.9. The Kier molecular flexibility index (Phi) is 5.95. The van der Waals surface area contributed by atoms with Gasteiger partial charge in [-0.2, -0.15) is 0 Å². The van der Waals surface area contributed by atoms with Gasteiger partial charge in [0.15, 0.2) is 0 Å². The minimum atomic E-state index is -2.41. The van der Waals surface area contributed by atoms with Crippen LogP contribution in [0.15, 0.2) is 59.5 Å². The van der Waals surface area contributed by atoms with Crippen molar-refractivity contribution in [2.75, 3.05) is 25.6 Å². The van der Waals surface area contributed by atoms with Crippen LogP contribution in [0.1, 0.15) is 40.2 Å². The van der Waals surface area contributed by atoms with E-state index in [-0.39, 0.29) is 17.6 Å². The lowest BCUT2D eigenvalue weighted by Gasteiger charge is -2.32. The molecule has 1 aliphatic rings. The van der Waals surface area contributed by atoms with Crippen molar-refractivity contribution in [1.29, 1.82) is 0 Å². The lowest BCUT2D eigenvalue weighted by atomic mass is 9.88. The van der Waals surface area contributed by atoms with E-state index in [4.69, 9.17) is 5.73 Å². The minimum Gasteiger partial charge on any atom is -0.339 e. The van der Waals surface area contributed by atoms with E-state index in [1.165, 1.54) is 6.07 Å². The van der Waals surface area contributed by atoms with Gasteiger partial charge in [0.05, 0.1) is 0 Å². The highest BCUT2D eigenvalue weighted by molar-refractivity contribution is 8.02. The molecule has 3 aromatic carbocycles. The topological polar surface area (TPSA) is 63.4 Å². The van der Waals surface area contributed by atoms with E-state index in [0.29, 0.717) is 30.8 Å². The Morgan fingerprint density at radius 2 is 1.84 bits per heavy atom. The smallest absolute Gasteiger partial charge is 0.253 e. The van der Waals surface area contributed by atoms with Crippen molar-refractivity contribution in [2.45, 2.75) is 30.2 Å². The van der Waals surface area contributed by atoms with Crippen molar-refractivity contribution >= 4 is 26.6 Å². The standard InChI is InChI=1S/C25H29FN2O2S/c1-31(2,30)24-5-3-4-19-15-20(7-8-21(19)24)25(29)28-12-10-18(11-13-28)22-14-17(16-27)6-9-23(22)26/h3-9,14-15,18,31H,10-13,16,27H2,1-2H3. The minimum absolute atomic E-state index is 0.0156. The second kappa shape index (κ2) is 8.52. The number of nitrogens with two attached hydrogens (primary N) is 1. The van der Waals surface area contributed by atoms with Crippen LogP contribution >= 0.6 is 0 Å². The van der Waals surface area contributed by atoms with Crippen LogP contribution in [0.2, 0.25) is 0 Å². The number of hydrogen-bond acceptors (Lipinski definition) is 3. The maximum Gasteiger partial charge on any atom is 0.253 e. The highest BCUT2D eigenvalue weighted by Gasteiger charge is 2.26. The summed E-state index contributed by atoms with van der Waals surface area (Å²) in [6.45, 7) is 1.57. The summed E-state index contributed by atoms with van der Waals surface area (Å²) >= 11 is 0. The molecule has 3 aromatic rings. The van der Waals surface area contributed by atoms with E-state index in [0.717, 1.165) is 34.1 Å². The molecule has 0 aromatic heterocycles. The van der Waals surface area contributed by atoms with Crippen molar-refractivity contribution < 1.29 is 13.4 Å². The number of carbonyl (C=O) groups excluding carboxylic acids is 1. The average Bonchev–Trinajstić information content (AvgIpc) is 2.77. The number of hydrogen-bond donors (Lipinski definition) is 2. The molecule has 164 valence electrons. The van der Waals surface area contributed by atoms with Crippen molar-refractivity contribution in [2.24, 2.45) is 5.73 Å². The lowest BCUT2D eigenvalue weighted by molar-refractivity contribution is 0.0712. The van der Waals surface area contributed by atoms with Gasteiger partial charge >= 0.3 is 0 Å². The van der Waals surface area contributed by atoms with Crippen LogP contribution in [-0.4, -0.2) is 40.6 Å². The number of nitrogens with zero attached hydrogens (tertiary/aromatic N) is 1. The first-order valence-electron chi connectivity index (χ1n) is 10.6. The van der Waals surface area contributed by atoms with Gasteiger partial charge in [-0.3, -0.25) is 9.00 Å². The Bertz CT molecular complexity index is 1180. The predicted octanol–water partition coefficient (Wildman–Crippen LogP) is 4.09. The number of thiol groups is 1. The Hall–Kier alpha value is -2.57. The number of piperidine rings is 1. The zero-order chi connectivity index (χ0) is 22.2. The molecule has 1 aliphatic heterocycles. The van der Waals surface area contributed by atoms with Gasteiger partial charge in [0, 0.05) is 30.1 Å². The fourth-order valence-electron chi connectivity index (χ4n) is 4.48. The number of carbonyl (C=O) groups is 1. The third-order valence-corrected chi connectivity index (χ3v) is 7.75. The maximum atomic E-state index is 14.3. The van der Waals surface area contributed by atoms with E-state index < -0.39 is 9.93 Å². The molecule has 0 saturated carbocycles. The van der Waals surface area contributed by atoms with Crippen LogP contribution in [0.5, 0.6) is 0 Å². The molecule has 1 saturated heterocycles. The van der Waals surface area contributed by atoms with E-state index in [9.17, 15) is 13.4 Å². The molecule has 2 N–H and O–H groups in total. The summed E-state index contributed by atoms with van der Waals surface area (Å²) in [6, 6.07) is 16.4. The number of halogens is 1. The molecule has 1 fully saturated rings. The Balaban J connectivity index is 1.51. The van der Waals surface area contributed by atoms with E-state index >= 15 is 0 Å². The van der Waals surface area contributed by atoms with Gasteiger partial charge in [-0.05, 0) is 77.4 Å². The van der Waals surface area contributed by atoms with Crippen molar-refractivity contribution in [3.8, 4) is 0 Å². The van der Waals surface area contributed by atoms with Crippen molar-refractivity contribution in [1.82, 2.24) is 4.90 Å². The molecule has 0 aliphatic carbocycles. The Morgan fingerprint density at radius 1 is 1.10 bits per heavy atom. The third kappa shape index (κ3) is 4.41. The van der Waals surface area contributed by atoms with Gasteiger partial charge in [0.25, 0.3) is 5.91 Å². The zero-order valence-corrected chi connectivity index (χ0v) is 18.9. The van der Waals surface area contributed by atoms with Crippen molar-refractivity contribution in [3.05, 3.63) is 77.1 Å². The van der Waals surface area contributed by atoms with Gasteiger partial charge in [-0.25, -0.2) is 4.39 Å². The first-order chi connectivity index (χ1) is 14.8. The molecule has 0 unspecified atom stereocenters. The van der Waals surface area contributed by atoms with Gasteiger partial charge in [0.1, 0.15) is 5.82 Å². The fraction of sp³-hybridized carbons (Fsp3) is 0.320. The highest BCUT2D eigenvalue weighted by Crippen LogP contribution is 2.32. The first kappa shape index (κ1) is 21.7. The highest BCUT2D eigenvalue weighted by atomic mass is 32.2. The molecule has 0 atom stereocenters. The van der Waals surface area contributed by atoms with Crippen LogP contribution in [0.25, 0.3) is 10.8 Å². The summed E-state index contributed by atoms with van der Waals surface area (Å²) in [5.41, 5.74) is 7.96. The average molecular weight is 441 g/mol. The van der Waals surface area contributed by atoms with Crippen LogP contribution in [0, 0.1) is 5.82 Å². The van der Waals surface area contributed by atoms with Crippen molar-refractivity contribution in [3.63, 3.8) is 0 Å². The molecule has 0 spiro atoms. The van der Waals surface area contributed by atoms with Gasteiger partial charge in [0.2, 0.25) is 0 Å². The molecule has 6 heteroatoms. The molecule has 1 amide bonds. The number of amides is 1. The molecule has 0 radical (unpaired) electrons. The summed E-state index contributed by atoms with van der Waals surface area (Å²) in [5.74, 6) is -0.118. The second-order valence-corrected chi connectivity index (χ2v) is 11.9. The molecular weight excluding hydrogens is 411 g/mol. The molecule has 4 rings (SSSR count).